The van der Waals surface area contributed by atoms with Gasteiger partial charge in [-0.05, 0) is 66.6 Å². The summed E-state index contributed by atoms with van der Waals surface area (Å²) in [6.07, 6.45) is 3.32. The minimum Gasteiger partial charge on any atom is -0.481 e. The molecule has 0 aliphatic rings. The van der Waals surface area contributed by atoms with Gasteiger partial charge in [-0.25, -0.2) is 0 Å². The first kappa shape index (κ1) is 24.9. The number of aryl methyl sites for hydroxylation is 2. The van der Waals surface area contributed by atoms with E-state index in [-0.39, 0.29) is 17.9 Å². The van der Waals surface area contributed by atoms with Gasteiger partial charge in [-0.15, -0.1) is 0 Å². The van der Waals surface area contributed by atoms with Crippen molar-refractivity contribution in [1.29, 1.82) is 0 Å². The summed E-state index contributed by atoms with van der Waals surface area (Å²) in [5.41, 5.74) is 4.32. The van der Waals surface area contributed by atoms with E-state index in [1.54, 1.807) is 24.5 Å². The highest BCUT2D eigenvalue weighted by molar-refractivity contribution is 5.81. The number of carbonyl (C=O) groups excluding carboxylic acids is 1. The fourth-order valence-corrected chi connectivity index (χ4v) is 4.23. The lowest BCUT2D eigenvalue weighted by atomic mass is 9.95. The Balaban J connectivity index is 1.97. The van der Waals surface area contributed by atoms with Crippen LogP contribution in [0.1, 0.15) is 55.6 Å². The highest BCUT2D eigenvalue weighted by Gasteiger charge is 2.27. The second-order valence-electron chi connectivity index (χ2n) is 8.99. The molecular weight excluding hydrogens is 430 g/mol. The van der Waals surface area contributed by atoms with Crippen LogP contribution < -0.4 is 10.9 Å². The monoisotopic (exact) mass is 461 g/mol. The third-order valence-electron chi connectivity index (χ3n) is 5.79. The largest absolute Gasteiger partial charge is 0.481 e. The molecule has 1 aromatic carbocycles. The molecule has 2 aromatic heterocycles. The van der Waals surface area contributed by atoms with E-state index in [9.17, 15) is 19.5 Å². The zero-order valence-corrected chi connectivity index (χ0v) is 20.0. The molecule has 0 unspecified atom stereocenters. The predicted molar refractivity (Wildman–Crippen MR) is 131 cm³/mol. The summed E-state index contributed by atoms with van der Waals surface area (Å²) in [6.45, 7) is 7.98. The van der Waals surface area contributed by atoms with Crippen LogP contribution in [0.5, 0.6) is 0 Å². The lowest BCUT2D eigenvalue weighted by Gasteiger charge is -2.24. The Bertz CT molecular complexity index is 1210. The van der Waals surface area contributed by atoms with Crippen LogP contribution in [0.3, 0.4) is 0 Å². The van der Waals surface area contributed by atoms with Gasteiger partial charge >= 0.3 is 5.97 Å². The van der Waals surface area contributed by atoms with Gasteiger partial charge in [0.05, 0.1) is 18.2 Å². The molecule has 2 heterocycles. The lowest BCUT2D eigenvalue weighted by molar-refractivity contribution is -0.138. The first-order valence-corrected chi connectivity index (χ1v) is 11.4. The van der Waals surface area contributed by atoms with Crippen molar-refractivity contribution in [2.75, 3.05) is 0 Å². The molecule has 2 N–H and O–H groups in total. The number of pyridine rings is 2. The summed E-state index contributed by atoms with van der Waals surface area (Å²) in [7, 11) is 0. The predicted octanol–water partition coefficient (Wildman–Crippen LogP) is 4.45. The number of nitrogens with one attached hydrogen (secondary N) is 1. The zero-order valence-electron chi connectivity index (χ0n) is 20.0. The summed E-state index contributed by atoms with van der Waals surface area (Å²) in [5, 5.41) is 12.4. The third-order valence-corrected chi connectivity index (χ3v) is 5.79. The summed E-state index contributed by atoms with van der Waals surface area (Å²) in [6, 6.07) is 12.9. The fourth-order valence-electron chi connectivity index (χ4n) is 4.23. The SMILES string of the molecule is Cc1cccc(C)c1-c1ccnc([C@H](CC(=O)O)NC(=O)[C@H](CC(C)C)n2ccccc2=O)c1. The third kappa shape index (κ3) is 5.98. The first-order valence-electron chi connectivity index (χ1n) is 11.4. The van der Waals surface area contributed by atoms with Crippen molar-refractivity contribution in [3.63, 3.8) is 0 Å². The molecule has 7 heteroatoms. The average molecular weight is 462 g/mol. The number of carbonyl (C=O) groups is 2. The molecule has 178 valence electrons. The number of benzene rings is 1. The molecule has 0 bridgehead atoms. The van der Waals surface area contributed by atoms with Crippen LogP contribution >= 0.6 is 0 Å². The van der Waals surface area contributed by atoms with E-state index in [4.69, 9.17) is 0 Å². The van der Waals surface area contributed by atoms with E-state index in [2.05, 4.69) is 10.3 Å². The Morgan fingerprint density at radius 1 is 1.06 bits per heavy atom. The van der Waals surface area contributed by atoms with Gasteiger partial charge in [-0.2, -0.15) is 0 Å². The lowest BCUT2D eigenvalue weighted by Crippen LogP contribution is -2.40. The maximum Gasteiger partial charge on any atom is 0.305 e. The van der Waals surface area contributed by atoms with Gasteiger partial charge < -0.3 is 15.0 Å². The number of nitrogens with zero attached hydrogens (tertiary/aromatic N) is 2. The van der Waals surface area contributed by atoms with Crippen molar-refractivity contribution in [1.82, 2.24) is 14.9 Å². The number of amides is 1. The van der Waals surface area contributed by atoms with Crippen LogP contribution in [0.2, 0.25) is 0 Å². The number of carboxylic acids is 1. The normalized spacial score (nSPS) is 12.9. The van der Waals surface area contributed by atoms with E-state index in [0.29, 0.717) is 12.1 Å². The highest BCUT2D eigenvalue weighted by atomic mass is 16.4. The molecule has 0 saturated heterocycles. The molecule has 1 amide bonds. The second kappa shape index (κ2) is 10.9. The Kier molecular flexibility index (Phi) is 7.99. The molecule has 0 aliphatic heterocycles. The van der Waals surface area contributed by atoms with Crippen LogP contribution in [0.4, 0.5) is 0 Å². The highest BCUT2D eigenvalue weighted by Crippen LogP contribution is 2.29. The number of aliphatic carboxylic acids is 1. The van der Waals surface area contributed by atoms with Gasteiger partial charge in [0.25, 0.3) is 5.56 Å². The van der Waals surface area contributed by atoms with E-state index >= 15 is 0 Å². The minimum absolute atomic E-state index is 0.145. The van der Waals surface area contributed by atoms with Gasteiger partial charge in [0.1, 0.15) is 6.04 Å². The molecule has 7 nitrogen and oxygen atoms in total. The van der Waals surface area contributed by atoms with E-state index in [0.717, 1.165) is 22.3 Å². The molecule has 34 heavy (non-hydrogen) atoms. The molecule has 0 saturated carbocycles. The Hall–Kier alpha value is -3.74. The number of hydrogen-bond donors (Lipinski definition) is 2. The Morgan fingerprint density at radius 2 is 1.76 bits per heavy atom. The molecule has 0 spiro atoms. The van der Waals surface area contributed by atoms with E-state index in [1.807, 2.05) is 58.0 Å². The van der Waals surface area contributed by atoms with Gasteiger partial charge in [0, 0.05) is 18.5 Å². The summed E-state index contributed by atoms with van der Waals surface area (Å²) >= 11 is 0. The van der Waals surface area contributed by atoms with Crippen molar-refractivity contribution in [3.05, 3.63) is 88.1 Å². The van der Waals surface area contributed by atoms with Crippen LogP contribution in [0.15, 0.2) is 65.7 Å². The molecule has 2 atom stereocenters. The summed E-state index contributed by atoms with van der Waals surface area (Å²) in [4.78, 5) is 41.8. The quantitative estimate of drug-likeness (QED) is 0.490. The maximum absolute atomic E-state index is 13.4. The molecule has 3 rings (SSSR count). The Labute approximate surface area is 199 Å². The van der Waals surface area contributed by atoms with Gasteiger partial charge in [-0.1, -0.05) is 38.1 Å². The number of rotatable bonds is 9. The number of aromatic nitrogens is 2. The number of hydrogen-bond acceptors (Lipinski definition) is 4. The first-order chi connectivity index (χ1) is 16.2. The van der Waals surface area contributed by atoms with Gasteiger partial charge in [0.15, 0.2) is 0 Å². The van der Waals surface area contributed by atoms with E-state index < -0.39 is 24.0 Å². The van der Waals surface area contributed by atoms with Crippen LogP contribution in [0.25, 0.3) is 11.1 Å². The maximum atomic E-state index is 13.4. The molecule has 0 aliphatic carbocycles. The Morgan fingerprint density at radius 3 is 2.38 bits per heavy atom. The van der Waals surface area contributed by atoms with Crippen molar-refractivity contribution >= 4 is 11.9 Å². The van der Waals surface area contributed by atoms with Crippen molar-refractivity contribution in [2.45, 2.75) is 52.6 Å². The second-order valence-corrected chi connectivity index (χ2v) is 8.99. The fraction of sp³-hybridized carbons (Fsp3) is 0.333. The summed E-state index contributed by atoms with van der Waals surface area (Å²) in [5.74, 6) is -1.32. The molecular formula is C27H31N3O4. The van der Waals surface area contributed by atoms with Crippen molar-refractivity contribution in [2.24, 2.45) is 5.92 Å². The molecule has 0 radical (unpaired) electrons. The summed E-state index contributed by atoms with van der Waals surface area (Å²) < 4.78 is 1.40. The van der Waals surface area contributed by atoms with Gasteiger partial charge in [0.2, 0.25) is 5.91 Å². The average Bonchev–Trinajstić information content (AvgIpc) is 2.77. The molecule has 3 aromatic rings. The topological polar surface area (TPSA) is 101 Å². The van der Waals surface area contributed by atoms with Crippen LogP contribution in [-0.2, 0) is 9.59 Å². The van der Waals surface area contributed by atoms with Gasteiger partial charge in [-0.3, -0.25) is 19.4 Å². The van der Waals surface area contributed by atoms with E-state index in [1.165, 1.54) is 10.6 Å². The number of carboxylic acid groups (broad SMARTS) is 1. The van der Waals surface area contributed by atoms with Crippen LogP contribution in [0, 0.1) is 19.8 Å². The van der Waals surface area contributed by atoms with Crippen molar-refractivity contribution in [3.8, 4) is 11.1 Å². The van der Waals surface area contributed by atoms with Crippen molar-refractivity contribution < 1.29 is 14.7 Å². The smallest absolute Gasteiger partial charge is 0.305 e. The minimum atomic E-state index is -1.05. The zero-order chi connectivity index (χ0) is 24.8. The van der Waals surface area contributed by atoms with Crippen LogP contribution in [-0.4, -0.2) is 26.5 Å². The standard InChI is InChI=1S/C27H31N3O4/c1-17(2)14-23(30-13-6-5-10-24(30)31)27(34)29-22(16-25(32)33)21-15-20(11-12-28-21)26-18(3)8-7-9-19(26)4/h5-13,15,17,22-23H,14,16H2,1-4H3,(H,29,34)(H,32,33)/t22-,23-/m0/s1. The molecule has 0 fully saturated rings.